The molecule has 4 heteroatoms. The highest BCUT2D eigenvalue weighted by atomic mass is 35.5. The highest BCUT2D eigenvalue weighted by Crippen LogP contribution is 2.23. The van der Waals surface area contributed by atoms with Crippen molar-refractivity contribution in [1.29, 1.82) is 0 Å². The minimum absolute atomic E-state index is 0.0457. The Bertz CT molecular complexity index is 792. The average molecular weight is 289 g/mol. The standard InChI is InChI=1S/C16H10ClFO2/c17-11-5-6-14(18)10(7-11)8-15(19)13-9-20-16-4-2-1-3-12(13)16/h1-7,9H,8H2. The Morgan fingerprint density at radius 1 is 1.20 bits per heavy atom. The number of halogens is 2. The van der Waals surface area contributed by atoms with E-state index in [1.807, 2.05) is 12.1 Å². The van der Waals surface area contributed by atoms with Crippen LogP contribution in [0.2, 0.25) is 5.02 Å². The molecule has 3 aromatic rings. The van der Waals surface area contributed by atoms with Crippen molar-refractivity contribution >= 4 is 28.4 Å². The van der Waals surface area contributed by atoms with E-state index in [9.17, 15) is 9.18 Å². The molecule has 0 amide bonds. The van der Waals surface area contributed by atoms with Crippen molar-refractivity contribution < 1.29 is 13.6 Å². The number of hydrogen-bond acceptors (Lipinski definition) is 2. The third-order valence-corrected chi connectivity index (χ3v) is 3.38. The van der Waals surface area contributed by atoms with E-state index in [1.54, 1.807) is 12.1 Å². The van der Waals surface area contributed by atoms with Crippen LogP contribution in [-0.4, -0.2) is 5.78 Å². The van der Waals surface area contributed by atoms with Gasteiger partial charge in [-0.05, 0) is 29.8 Å². The molecule has 0 saturated carbocycles. The molecule has 0 aliphatic rings. The summed E-state index contributed by atoms with van der Waals surface area (Å²) >= 11 is 5.82. The summed E-state index contributed by atoms with van der Waals surface area (Å²) in [5.41, 5.74) is 1.38. The van der Waals surface area contributed by atoms with Gasteiger partial charge in [-0.2, -0.15) is 0 Å². The maximum atomic E-state index is 13.7. The lowest BCUT2D eigenvalue weighted by Crippen LogP contribution is -2.04. The molecule has 100 valence electrons. The zero-order chi connectivity index (χ0) is 14.1. The third kappa shape index (κ3) is 2.32. The zero-order valence-electron chi connectivity index (χ0n) is 10.4. The molecule has 0 atom stereocenters. The van der Waals surface area contributed by atoms with Crippen LogP contribution in [0.1, 0.15) is 15.9 Å². The van der Waals surface area contributed by atoms with Gasteiger partial charge in [0.25, 0.3) is 0 Å². The quantitative estimate of drug-likeness (QED) is 0.657. The summed E-state index contributed by atoms with van der Waals surface area (Å²) in [6.45, 7) is 0. The maximum absolute atomic E-state index is 13.7. The van der Waals surface area contributed by atoms with E-state index >= 15 is 0 Å². The van der Waals surface area contributed by atoms with Crippen molar-refractivity contribution in [2.75, 3.05) is 0 Å². The largest absolute Gasteiger partial charge is 0.464 e. The van der Waals surface area contributed by atoms with Crippen LogP contribution in [0.5, 0.6) is 0 Å². The Hall–Kier alpha value is -2.13. The summed E-state index contributed by atoms with van der Waals surface area (Å²) in [6.07, 6.45) is 1.37. The van der Waals surface area contributed by atoms with Gasteiger partial charge in [-0.15, -0.1) is 0 Å². The fourth-order valence-corrected chi connectivity index (χ4v) is 2.34. The van der Waals surface area contributed by atoms with E-state index in [4.69, 9.17) is 16.0 Å². The lowest BCUT2D eigenvalue weighted by molar-refractivity contribution is 0.0992. The first-order chi connectivity index (χ1) is 9.65. The number of carbonyl (C=O) groups is 1. The Labute approximate surface area is 119 Å². The molecule has 0 aliphatic carbocycles. The number of Topliss-reactive ketones (excluding diaryl/α,β-unsaturated/α-hetero) is 1. The number of hydrogen-bond donors (Lipinski definition) is 0. The van der Waals surface area contributed by atoms with Crippen LogP contribution in [0.4, 0.5) is 4.39 Å². The highest BCUT2D eigenvalue weighted by Gasteiger charge is 2.16. The van der Waals surface area contributed by atoms with Gasteiger partial charge in [0.05, 0.1) is 5.56 Å². The Morgan fingerprint density at radius 3 is 2.85 bits per heavy atom. The van der Waals surface area contributed by atoms with E-state index < -0.39 is 5.82 Å². The van der Waals surface area contributed by atoms with Crippen LogP contribution in [-0.2, 0) is 6.42 Å². The lowest BCUT2D eigenvalue weighted by atomic mass is 10.0. The van der Waals surface area contributed by atoms with E-state index in [-0.39, 0.29) is 17.8 Å². The summed E-state index contributed by atoms with van der Waals surface area (Å²) in [5.74, 6) is -0.633. The number of benzene rings is 2. The van der Waals surface area contributed by atoms with Crippen molar-refractivity contribution in [2.45, 2.75) is 6.42 Å². The topological polar surface area (TPSA) is 30.2 Å². The minimum Gasteiger partial charge on any atom is -0.464 e. The minimum atomic E-state index is -0.435. The molecular formula is C16H10ClFO2. The second-order valence-corrected chi connectivity index (χ2v) is 4.92. The van der Waals surface area contributed by atoms with Gasteiger partial charge >= 0.3 is 0 Å². The van der Waals surface area contributed by atoms with Gasteiger partial charge < -0.3 is 4.42 Å². The number of furan rings is 1. The molecule has 0 unspecified atom stereocenters. The summed E-state index contributed by atoms with van der Waals surface area (Å²) in [6, 6.07) is 11.4. The molecule has 0 radical (unpaired) electrons. The van der Waals surface area contributed by atoms with Crippen LogP contribution in [0.25, 0.3) is 11.0 Å². The number of rotatable bonds is 3. The SMILES string of the molecule is O=C(Cc1cc(Cl)ccc1F)c1coc2ccccc12. The van der Waals surface area contributed by atoms with Gasteiger partial charge in [0.1, 0.15) is 17.7 Å². The van der Waals surface area contributed by atoms with Gasteiger partial charge in [0.15, 0.2) is 5.78 Å². The third-order valence-electron chi connectivity index (χ3n) is 3.14. The second-order valence-electron chi connectivity index (χ2n) is 4.48. The van der Waals surface area contributed by atoms with E-state index in [2.05, 4.69) is 0 Å². The number of para-hydroxylation sites is 1. The normalized spacial score (nSPS) is 10.9. The Balaban J connectivity index is 1.95. The number of fused-ring (bicyclic) bond motifs is 1. The molecule has 1 aromatic heterocycles. The van der Waals surface area contributed by atoms with E-state index in [0.717, 1.165) is 5.39 Å². The van der Waals surface area contributed by atoms with Crippen molar-refractivity contribution in [1.82, 2.24) is 0 Å². The van der Waals surface area contributed by atoms with Crippen molar-refractivity contribution in [3.63, 3.8) is 0 Å². The maximum Gasteiger partial charge on any atom is 0.171 e. The lowest BCUT2D eigenvalue weighted by Gasteiger charge is -2.02. The summed E-state index contributed by atoms with van der Waals surface area (Å²) < 4.78 is 19.0. The van der Waals surface area contributed by atoms with Crippen LogP contribution in [0, 0.1) is 5.82 Å². The van der Waals surface area contributed by atoms with Crippen LogP contribution < -0.4 is 0 Å². The van der Waals surface area contributed by atoms with Crippen LogP contribution >= 0.6 is 11.6 Å². The summed E-state index contributed by atoms with van der Waals surface area (Å²) in [5, 5.41) is 1.14. The van der Waals surface area contributed by atoms with Gasteiger partial charge in [-0.3, -0.25) is 4.79 Å². The number of carbonyl (C=O) groups excluding carboxylic acids is 1. The first-order valence-electron chi connectivity index (χ1n) is 6.08. The first-order valence-corrected chi connectivity index (χ1v) is 6.46. The molecule has 0 bridgehead atoms. The zero-order valence-corrected chi connectivity index (χ0v) is 11.2. The van der Waals surface area contributed by atoms with Gasteiger partial charge in [-0.1, -0.05) is 29.8 Å². The van der Waals surface area contributed by atoms with Crippen LogP contribution in [0.15, 0.2) is 53.1 Å². The number of ketones is 1. The van der Waals surface area contributed by atoms with Gasteiger partial charge in [0, 0.05) is 16.8 Å². The fraction of sp³-hybridized carbons (Fsp3) is 0.0625. The predicted octanol–water partition coefficient (Wildman–Crippen LogP) is 4.65. The molecule has 0 aliphatic heterocycles. The molecule has 0 spiro atoms. The predicted molar refractivity (Wildman–Crippen MR) is 75.7 cm³/mol. The summed E-state index contributed by atoms with van der Waals surface area (Å²) in [4.78, 5) is 12.3. The van der Waals surface area contributed by atoms with Gasteiger partial charge in [0.2, 0.25) is 0 Å². The van der Waals surface area contributed by atoms with Crippen LogP contribution in [0.3, 0.4) is 0 Å². The first kappa shape index (κ1) is 12.9. The highest BCUT2D eigenvalue weighted by molar-refractivity contribution is 6.30. The molecule has 1 heterocycles. The smallest absolute Gasteiger partial charge is 0.171 e. The van der Waals surface area contributed by atoms with Crippen molar-refractivity contribution in [3.8, 4) is 0 Å². The van der Waals surface area contributed by atoms with Gasteiger partial charge in [-0.25, -0.2) is 4.39 Å². The monoisotopic (exact) mass is 288 g/mol. The molecule has 2 aromatic carbocycles. The Kier molecular flexibility index (Phi) is 3.28. The fourth-order valence-electron chi connectivity index (χ4n) is 2.14. The molecule has 3 rings (SSSR count). The molecule has 0 saturated heterocycles. The van der Waals surface area contributed by atoms with E-state index in [1.165, 1.54) is 24.5 Å². The molecular weight excluding hydrogens is 279 g/mol. The molecule has 2 nitrogen and oxygen atoms in total. The van der Waals surface area contributed by atoms with Crippen molar-refractivity contribution in [3.05, 3.63) is 70.7 Å². The molecule has 20 heavy (non-hydrogen) atoms. The average Bonchev–Trinajstić information content (AvgIpc) is 2.87. The second kappa shape index (κ2) is 5.10. The van der Waals surface area contributed by atoms with E-state index in [0.29, 0.717) is 16.2 Å². The molecule has 0 fully saturated rings. The Morgan fingerprint density at radius 2 is 2.00 bits per heavy atom. The van der Waals surface area contributed by atoms with Crippen molar-refractivity contribution in [2.24, 2.45) is 0 Å². The molecule has 0 N–H and O–H groups in total. The summed E-state index contributed by atoms with van der Waals surface area (Å²) in [7, 11) is 0.